The number of carbonyl (C=O) groups is 3. The predicted octanol–water partition coefficient (Wildman–Crippen LogP) is 4.35. The number of nitrogens with one attached hydrogen (secondary N) is 5. The first-order valence-electron chi connectivity index (χ1n) is 19.5. The number of thioether (sulfide) groups is 1. The number of H-pyrrole nitrogens is 2. The number of aromatic amines is 2. The number of hydrogen-bond acceptors (Lipinski definition) is 9. The summed E-state index contributed by atoms with van der Waals surface area (Å²) in [5.41, 5.74) is 5.85. The van der Waals surface area contributed by atoms with Crippen LogP contribution in [0.25, 0.3) is 21.8 Å². The molecule has 0 aliphatic carbocycles. The molecule has 296 valence electrons. The molecule has 0 unspecified atom stereocenters. The van der Waals surface area contributed by atoms with Crippen LogP contribution in [0.2, 0.25) is 0 Å². The second-order valence-corrected chi connectivity index (χ2v) is 17.8. The van der Waals surface area contributed by atoms with E-state index in [1.54, 1.807) is 16.7 Å². The molecule has 6 heterocycles. The highest BCUT2D eigenvalue weighted by Gasteiger charge is 2.46. The van der Waals surface area contributed by atoms with Crippen LogP contribution in [-0.4, -0.2) is 99.1 Å². The van der Waals surface area contributed by atoms with Gasteiger partial charge in [-0.05, 0) is 88.6 Å². The van der Waals surface area contributed by atoms with Gasteiger partial charge in [0.05, 0.1) is 31.4 Å². The topological polar surface area (TPSA) is 176 Å². The van der Waals surface area contributed by atoms with Gasteiger partial charge in [-0.15, -0.1) is 5.10 Å². The molecule has 5 aromatic rings. The smallest absolute Gasteiger partial charge is 0.243 e. The highest BCUT2D eigenvalue weighted by molar-refractivity contribution is 7.98. The summed E-state index contributed by atoms with van der Waals surface area (Å²) in [7, 11) is 0. The number of carbonyl (C=O) groups excluding carboxylic acids is 3. The monoisotopic (exact) mass is 780 g/mol. The van der Waals surface area contributed by atoms with E-state index in [1.807, 2.05) is 87.3 Å². The van der Waals surface area contributed by atoms with Crippen LogP contribution < -0.4 is 16.0 Å². The minimum atomic E-state index is -0.816. The van der Waals surface area contributed by atoms with Crippen LogP contribution in [0.15, 0.2) is 54.7 Å². The molecule has 0 saturated carbocycles. The number of aromatic nitrogens is 5. The number of amides is 3. The van der Waals surface area contributed by atoms with Crippen molar-refractivity contribution in [1.82, 2.24) is 50.9 Å². The third-order valence-corrected chi connectivity index (χ3v) is 12.6. The van der Waals surface area contributed by atoms with E-state index in [-0.39, 0.29) is 36.9 Å². The Bertz CT molecular complexity index is 2260. The highest BCUT2D eigenvalue weighted by Crippen LogP contribution is 2.42. The number of para-hydroxylation sites is 2. The van der Waals surface area contributed by atoms with E-state index in [2.05, 4.69) is 42.3 Å². The molecular weight excluding hydrogens is 729 g/mol. The fraction of sp³-hybridized carbons (Fsp3) is 0.488. The SMILES string of the molecule is CSCC[C@@H](NC(=O)[C@@H]1Cc2c([nH]c3ccccc23)CN1C(=O)[C@@H]1Cc2c([nH]c3ccccc23)CN1)C(=O)NCc1cn(C2CC(C)(C)N(O)C(C)(C)C2)nn1. The van der Waals surface area contributed by atoms with E-state index >= 15 is 0 Å². The Labute approximate surface area is 330 Å². The average Bonchev–Trinajstić information content (AvgIpc) is 3.91. The fourth-order valence-electron chi connectivity index (χ4n) is 9.24. The number of hydroxylamine groups is 2. The summed E-state index contributed by atoms with van der Waals surface area (Å²) in [6.45, 7) is 8.96. The van der Waals surface area contributed by atoms with Crippen molar-refractivity contribution >= 4 is 51.3 Å². The molecule has 14 nitrogen and oxygen atoms in total. The molecule has 1 saturated heterocycles. The van der Waals surface area contributed by atoms with Crippen LogP contribution in [-0.2, 0) is 46.9 Å². The summed E-state index contributed by atoms with van der Waals surface area (Å²) in [6.07, 6.45) is 6.44. The molecular formula is C41H52N10O4S. The van der Waals surface area contributed by atoms with Crippen molar-refractivity contribution in [3.63, 3.8) is 0 Å². The predicted molar refractivity (Wildman–Crippen MR) is 216 cm³/mol. The van der Waals surface area contributed by atoms with Crippen molar-refractivity contribution in [2.75, 3.05) is 12.0 Å². The van der Waals surface area contributed by atoms with Crippen molar-refractivity contribution in [2.45, 2.75) is 115 Å². The molecule has 2 aromatic carbocycles. The van der Waals surface area contributed by atoms with E-state index < -0.39 is 29.2 Å². The number of piperidine rings is 1. The minimum absolute atomic E-state index is 0.0287. The normalized spacial score (nSPS) is 21.4. The standard InChI is InChI=1S/C41H52N10O4S/c1-40(2)18-25(19-41(3,4)51(40)55)50-22-24(47-48-50)20-43-37(52)32(14-15-56-5)46-38(53)36-17-29-27-11-7-9-13-31(27)45-35(29)23-49(36)39(54)33-16-28-26-10-6-8-12-30(26)44-34(28)21-42-33/h6-13,22,25,32-33,36,42,44-45,55H,14-21,23H2,1-5H3,(H,43,52)(H,46,53)/t32-,33+,36+/m1/s1. The third-order valence-electron chi connectivity index (χ3n) is 12.0. The first-order valence-corrected chi connectivity index (χ1v) is 20.9. The molecule has 0 spiro atoms. The first-order chi connectivity index (χ1) is 26.8. The molecule has 15 heteroatoms. The first kappa shape index (κ1) is 38.2. The Morgan fingerprint density at radius 1 is 0.946 bits per heavy atom. The van der Waals surface area contributed by atoms with Gasteiger partial charge in [0.15, 0.2) is 0 Å². The van der Waals surface area contributed by atoms with E-state index in [4.69, 9.17) is 0 Å². The van der Waals surface area contributed by atoms with Gasteiger partial charge in [-0.1, -0.05) is 41.6 Å². The van der Waals surface area contributed by atoms with Gasteiger partial charge in [0.25, 0.3) is 0 Å². The van der Waals surface area contributed by atoms with Crippen LogP contribution in [0.3, 0.4) is 0 Å². The number of fused-ring (bicyclic) bond motifs is 6. The number of nitrogens with zero attached hydrogens (tertiary/aromatic N) is 5. The van der Waals surface area contributed by atoms with Crippen LogP contribution in [0.4, 0.5) is 0 Å². The van der Waals surface area contributed by atoms with E-state index in [1.165, 1.54) is 5.06 Å². The van der Waals surface area contributed by atoms with Gasteiger partial charge < -0.3 is 30.7 Å². The lowest BCUT2D eigenvalue weighted by molar-refractivity contribution is -0.249. The van der Waals surface area contributed by atoms with Gasteiger partial charge in [0.2, 0.25) is 17.7 Å². The van der Waals surface area contributed by atoms with Crippen molar-refractivity contribution in [2.24, 2.45) is 0 Å². The molecule has 3 aliphatic heterocycles. The molecule has 3 aromatic heterocycles. The number of hydrogen-bond donors (Lipinski definition) is 6. The van der Waals surface area contributed by atoms with Crippen LogP contribution in [0, 0.1) is 0 Å². The maximum absolute atomic E-state index is 14.6. The minimum Gasteiger partial charge on any atom is -0.357 e. The van der Waals surface area contributed by atoms with Crippen molar-refractivity contribution in [3.8, 4) is 0 Å². The van der Waals surface area contributed by atoms with Gasteiger partial charge in [0, 0.05) is 57.2 Å². The molecule has 6 N–H and O–H groups in total. The summed E-state index contributed by atoms with van der Waals surface area (Å²) in [4.78, 5) is 51.6. The van der Waals surface area contributed by atoms with Crippen LogP contribution in [0.5, 0.6) is 0 Å². The molecule has 56 heavy (non-hydrogen) atoms. The van der Waals surface area contributed by atoms with E-state index in [0.29, 0.717) is 50.1 Å². The Balaban J connectivity index is 0.994. The maximum atomic E-state index is 14.6. The quantitative estimate of drug-likeness (QED) is 0.120. The van der Waals surface area contributed by atoms with Crippen LogP contribution >= 0.6 is 11.8 Å². The fourth-order valence-corrected chi connectivity index (χ4v) is 9.71. The summed E-state index contributed by atoms with van der Waals surface area (Å²) in [5, 5.41) is 32.6. The summed E-state index contributed by atoms with van der Waals surface area (Å²) < 4.78 is 1.83. The third kappa shape index (κ3) is 7.21. The van der Waals surface area contributed by atoms with Crippen molar-refractivity contribution in [3.05, 3.63) is 82.9 Å². The summed E-state index contributed by atoms with van der Waals surface area (Å²) in [6, 6.07) is 14.0. The molecule has 3 atom stereocenters. The van der Waals surface area contributed by atoms with Crippen molar-refractivity contribution in [1.29, 1.82) is 0 Å². The molecule has 3 aliphatic rings. The molecule has 1 fully saturated rings. The molecule has 0 radical (unpaired) electrons. The average molecular weight is 781 g/mol. The maximum Gasteiger partial charge on any atom is 0.243 e. The Hall–Kier alpha value is -4.70. The van der Waals surface area contributed by atoms with Gasteiger partial charge >= 0.3 is 0 Å². The second-order valence-electron chi connectivity index (χ2n) is 16.8. The summed E-state index contributed by atoms with van der Waals surface area (Å²) in [5.74, 6) is -0.164. The van der Waals surface area contributed by atoms with Gasteiger partial charge in [0.1, 0.15) is 17.8 Å². The van der Waals surface area contributed by atoms with Gasteiger partial charge in [-0.25, -0.2) is 4.68 Å². The lowest BCUT2D eigenvalue weighted by atomic mass is 9.79. The Morgan fingerprint density at radius 2 is 1.59 bits per heavy atom. The molecule has 3 amide bonds. The van der Waals surface area contributed by atoms with E-state index in [0.717, 1.165) is 44.3 Å². The van der Waals surface area contributed by atoms with Gasteiger partial charge in [-0.2, -0.15) is 16.8 Å². The lowest BCUT2D eigenvalue weighted by Crippen LogP contribution is -2.60. The van der Waals surface area contributed by atoms with E-state index in [9.17, 15) is 19.6 Å². The summed E-state index contributed by atoms with van der Waals surface area (Å²) >= 11 is 1.60. The molecule has 8 rings (SSSR count). The van der Waals surface area contributed by atoms with Crippen LogP contribution in [0.1, 0.15) is 81.2 Å². The van der Waals surface area contributed by atoms with Gasteiger partial charge in [-0.3, -0.25) is 19.7 Å². The second kappa shape index (κ2) is 15.0. The number of rotatable bonds is 10. The lowest BCUT2D eigenvalue weighted by Gasteiger charge is -2.51. The number of benzene rings is 2. The molecule has 0 bridgehead atoms. The van der Waals surface area contributed by atoms with Crippen molar-refractivity contribution < 1.29 is 19.6 Å². The zero-order valence-corrected chi connectivity index (χ0v) is 33.5. The largest absolute Gasteiger partial charge is 0.357 e. The highest BCUT2D eigenvalue weighted by atomic mass is 32.2. The zero-order chi connectivity index (χ0) is 39.4. The Morgan fingerprint density at radius 3 is 2.27 bits per heavy atom. The Kier molecular flexibility index (Phi) is 10.2. The zero-order valence-electron chi connectivity index (χ0n) is 32.7.